The molecular formula is C16H22N2O3S. The summed E-state index contributed by atoms with van der Waals surface area (Å²) in [6.07, 6.45) is -0.281. The Morgan fingerprint density at radius 2 is 2.00 bits per heavy atom. The zero-order chi connectivity index (χ0) is 15.9. The number of fused-ring (bicyclic) bond motifs is 3. The topological polar surface area (TPSA) is 49.9 Å². The third-order valence-electron chi connectivity index (χ3n) is 3.90. The smallest absolute Gasteiger partial charge is 0.410 e. The van der Waals surface area contributed by atoms with Gasteiger partial charge in [0.25, 0.3) is 0 Å². The molecule has 3 rings (SSSR count). The highest BCUT2D eigenvalue weighted by atomic mass is 32.2. The molecule has 1 aromatic rings. The van der Waals surface area contributed by atoms with E-state index in [2.05, 4.69) is 4.90 Å². The minimum Gasteiger partial charge on any atom is -0.444 e. The van der Waals surface area contributed by atoms with Crippen LogP contribution in [0.3, 0.4) is 0 Å². The van der Waals surface area contributed by atoms with Crippen LogP contribution in [0, 0.1) is 0 Å². The van der Waals surface area contributed by atoms with Crippen molar-refractivity contribution in [1.82, 2.24) is 4.90 Å². The van der Waals surface area contributed by atoms with E-state index in [-0.39, 0.29) is 12.1 Å². The monoisotopic (exact) mass is 322 g/mol. The molecule has 1 saturated heterocycles. The van der Waals surface area contributed by atoms with Crippen LogP contribution >= 0.6 is 0 Å². The van der Waals surface area contributed by atoms with Gasteiger partial charge in [-0.2, -0.15) is 0 Å². The van der Waals surface area contributed by atoms with E-state index >= 15 is 0 Å². The van der Waals surface area contributed by atoms with Gasteiger partial charge in [0.2, 0.25) is 0 Å². The summed E-state index contributed by atoms with van der Waals surface area (Å²) < 4.78 is 17.8. The van der Waals surface area contributed by atoms with Crippen LogP contribution in [0.4, 0.5) is 10.5 Å². The second-order valence-corrected chi connectivity index (χ2v) is 8.22. The van der Waals surface area contributed by atoms with Gasteiger partial charge in [0, 0.05) is 19.6 Å². The van der Waals surface area contributed by atoms with Crippen molar-refractivity contribution in [3.63, 3.8) is 0 Å². The molecule has 0 aliphatic carbocycles. The van der Waals surface area contributed by atoms with E-state index in [1.165, 1.54) is 0 Å². The summed E-state index contributed by atoms with van der Waals surface area (Å²) in [5.41, 5.74) is 0.553. The quantitative estimate of drug-likeness (QED) is 0.735. The fourth-order valence-electron chi connectivity index (χ4n) is 2.96. The number of rotatable bonds is 0. The van der Waals surface area contributed by atoms with Crippen LogP contribution in [0.25, 0.3) is 0 Å². The maximum atomic E-state index is 12.4. The van der Waals surface area contributed by atoms with Gasteiger partial charge >= 0.3 is 6.09 Å². The van der Waals surface area contributed by atoms with Crippen LogP contribution in [0.2, 0.25) is 0 Å². The second kappa shape index (κ2) is 5.57. The first-order valence-corrected chi connectivity index (χ1v) is 8.89. The number of hydrogen-bond donors (Lipinski definition) is 0. The Kier molecular flexibility index (Phi) is 3.89. The predicted octanol–water partition coefficient (Wildman–Crippen LogP) is 2.23. The summed E-state index contributed by atoms with van der Waals surface area (Å²) in [7, 11) is -1.00. The van der Waals surface area contributed by atoms with Gasteiger partial charge in [-0.3, -0.25) is 4.21 Å². The average molecular weight is 322 g/mol. The van der Waals surface area contributed by atoms with Crippen molar-refractivity contribution in [2.75, 3.05) is 30.3 Å². The lowest BCUT2D eigenvalue weighted by Crippen LogP contribution is -2.58. The van der Waals surface area contributed by atoms with E-state index in [4.69, 9.17) is 4.74 Å². The Labute approximate surface area is 133 Å². The van der Waals surface area contributed by atoms with Crippen LogP contribution in [0.1, 0.15) is 20.8 Å². The number of benzene rings is 1. The van der Waals surface area contributed by atoms with Crippen LogP contribution in [-0.2, 0) is 15.5 Å². The molecule has 120 valence electrons. The third kappa shape index (κ3) is 2.97. The molecule has 1 amide bonds. The van der Waals surface area contributed by atoms with Crippen molar-refractivity contribution < 1.29 is 13.7 Å². The van der Waals surface area contributed by atoms with Crippen molar-refractivity contribution in [2.45, 2.75) is 37.3 Å². The highest BCUT2D eigenvalue weighted by Gasteiger charge is 2.37. The molecular weight excluding hydrogens is 300 g/mol. The van der Waals surface area contributed by atoms with Crippen LogP contribution in [-0.4, -0.2) is 52.2 Å². The summed E-state index contributed by atoms with van der Waals surface area (Å²) in [6.45, 7) is 7.55. The van der Waals surface area contributed by atoms with Crippen molar-refractivity contribution in [1.29, 1.82) is 0 Å². The fourth-order valence-corrected chi connectivity index (χ4v) is 4.42. The molecule has 22 heavy (non-hydrogen) atoms. The maximum Gasteiger partial charge on any atom is 0.410 e. The molecule has 2 atom stereocenters. The molecule has 2 aliphatic rings. The van der Waals surface area contributed by atoms with Crippen LogP contribution in [0.5, 0.6) is 0 Å². The van der Waals surface area contributed by atoms with E-state index < -0.39 is 16.4 Å². The number of carbonyl (C=O) groups excluding carboxylic acids is 1. The third-order valence-corrected chi connectivity index (χ3v) is 5.42. The summed E-state index contributed by atoms with van der Waals surface area (Å²) in [4.78, 5) is 17.1. The normalized spacial score (nSPS) is 24.5. The molecule has 0 spiro atoms. The summed E-state index contributed by atoms with van der Waals surface area (Å²) in [5.74, 6) is 0.566. The van der Waals surface area contributed by atoms with Gasteiger partial charge in [0.1, 0.15) is 5.60 Å². The second-order valence-electron chi connectivity index (χ2n) is 6.75. The molecule has 2 unspecified atom stereocenters. The van der Waals surface area contributed by atoms with Gasteiger partial charge in [-0.15, -0.1) is 0 Å². The SMILES string of the molecule is CC(C)(C)OC(=O)N1CCN2c3ccccc3S(=O)CC2C1. The first-order valence-electron chi connectivity index (χ1n) is 7.57. The van der Waals surface area contributed by atoms with Gasteiger partial charge in [0.15, 0.2) is 0 Å². The highest BCUT2D eigenvalue weighted by molar-refractivity contribution is 7.85. The van der Waals surface area contributed by atoms with E-state index in [9.17, 15) is 9.00 Å². The lowest BCUT2D eigenvalue weighted by Gasteiger charge is -2.45. The molecule has 5 nitrogen and oxygen atoms in total. The molecule has 2 aliphatic heterocycles. The minimum absolute atomic E-state index is 0.0944. The first-order chi connectivity index (χ1) is 10.3. The molecule has 1 fully saturated rings. The van der Waals surface area contributed by atoms with Gasteiger partial charge in [-0.1, -0.05) is 12.1 Å². The zero-order valence-corrected chi connectivity index (χ0v) is 14.1. The van der Waals surface area contributed by atoms with Gasteiger partial charge in [-0.05, 0) is 32.9 Å². The van der Waals surface area contributed by atoms with Gasteiger partial charge < -0.3 is 14.5 Å². The van der Waals surface area contributed by atoms with Crippen molar-refractivity contribution >= 4 is 22.6 Å². The van der Waals surface area contributed by atoms with Crippen LogP contribution in [0.15, 0.2) is 29.2 Å². The maximum absolute atomic E-state index is 12.4. The van der Waals surface area contributed by atoms with E-state index in [1.54, 1.807) is 4.90 Å². The number of piperazine rings is 1. The predicted molar refractivity (Wildman–Crippen MR) is 86.7 cm³/mol. The molecule has 1 aromatic carbocycles. The number of nitrogens with zero attached hydrogens (tertiary/aromatic N) is 2. The minimum atomic E-state index is -1.00. The van der Waals surface area contributed by atoms with Gasteiger partial charge in [-0.25, -0.2) is 4.79 Å². The highest BCUT2D eigenvalue weighted by Crippen LogP contribution is 2.33. The summed E-state index contributed by atoms with van der Waals surface area (Å²) >= 11 is 0. The average Bonchev–Trinajstić information content (AvgIpc) is 2.45. The molecule has 0 radical (unpaired) electrons. The number of hydrogen-bond acceptors (Lipinski definition) is 4. The molecule has 0 aromatic heterocycles. The number of carbonyl (C=O) groups is 1. The van der Waals surface area contributed by atoms with E-state index in [1.807, 2.05) is 45.0 Å². The first kappa shape index (κ1) is 15.3. The Hall–Kier alpha value is -1.56. The molecule has 0 saturated carbocycles. The Balaban J connectivity index is 1.76. The number of anilines is 1. The summed E-state index contributed by atoms with van der Waals surface area (Å²) in [6, 6.07) is 7.94. The standard InChI is InChI=1S/C16H22N2O3S/c1-16(2,3)21-15(19)17-8-9-18-12(10-17)11-22(20)14-7-5-4-6-13(14)18/h4-7,12H,8-11H2,1-3H3. The summed E-state index contributed by atoms with van der Waals surface area (Å²) in [5, 5.41) is 0. The number of ether oxygens (including phenoxy) is 1. The van der Waals surface area contributed by atoms with E-state index in [0.29, 0.717) is 18.8 Å². The largest absolute Gasteiger partial charge is 0.444 e. The molecule has 6 heteroatoms. The number of para-hydroxylation sites is 1. The molecule has 0 N–H and O–H groups in total. The lowest BCUT2D eigenvalue weighted by atomic mass is 10.1. The number of amides is 1. The molecule has 0 bridgehead atoms. The van der Waals surface area contributed by atoms with Gasteiger partial charge in [0.05, 0.1) is 33.2 Å². The fraction of sp³-hybridized carbons (Fsp3) is 0.562. The van der Waals surface area contributed by atoms with Crippen molar-refractivity contribution in [2.24, 2.45) is 0 Å². The Bertz CT molecular complexity index is 612. The zero-order valence-electron chi connectivity index (χ0n) is 13.2. The Morgan fingerprint density at radius 1 is 1.27 bits per heavy atom. The van der Waals surface area contributed by atoms with Crippen molar-refractivity contribution in [3.05, 3.63) is 24.3 Å². The molecule has 2 heterocycles. The Morgan fingerprint density at radius 3 is 2.73 bits per heavy atom. The van der Waals surface area contributed by atoms with Crippen LogP contribution < -0.4 is 4.90 Å². The lowest BCUT2D eigenvalue weighted by molar-refractivity contribution is 0.0219. The van der Waals surface area contributed by atoms with E-state index in [0.717, 1.165) is 17.1 Å². The van der Waals surface area contributed by atoms with Crippen molar-refractivity contribution in [3.8, 4) is 0 Å².